The summed E-state index contributed by atoms with van der Waals surface area (Å²) in [5.41, 5.74) is 6.39. The van der Waals surface area contributed by atoms with Gasteiger partial charge in [0.1, 0.15) is 5.75 Å². The molecule has 0 spiro atoms. The van der Waals surface area contributed by atoms with E-state index in [9.17, 15) is 0 Å². The highest BCUT2D eigenvalue weighted by atomic mass is 16.5. The molecule has 1 rings (SSSR count). The molecule has 0 bridgehead atoms. The lowest BCUT2D eigenvalue weighted by Crippen LogP contribution is -2.13. The van der Waals surface area contributed by atoms with Crippen molar-refractivity contribution in [3.63, 3.8) is 0 Å². The van der Waals surface area contributed by atoms with E-state index >= 15 is 0 Å². The van der Waals surface area contributed by atoms with E-state index in [1.165, 1.54) is 0 Å². The summed E-state index contributed by atoms with van der Waals surface area (Å²) in [6, 6.07) is 3.79. The van der Waals surface area contributed by atoms with Crippen LogP contribution in [0.5, 0.6) is 5.75 Å². The number of pyridine rings is 1. The van der Waals surface area contributed by atoms with Crippen molar-refractivity contribution < 1.29 is 4.74 Å². The molecule has 78 valence electrons. The fourth-order valence-corrected chi connectivity index (χ4v) is 1.37. The largest absolute Gasteiger partial charge is 0.489 e. The molecule has 0 aliphatic rings. The molecule has 1 heterocycles. The second-order valence-electron chi connectivity index (χ2n) is 3.37. The van der Waals surface area contributed by atoms with Crippen molar-refractivity contribution in [3.05, 3.63) is 24.0 Å². The summed E-state index contributed by atoms with van der Waals surface area (Å²) in [7, 11) is 0. The highest BCUT2D eigenvalue weighted by Gasteiger charge is 2.06. The van der Waals surface area contributed by atoms with E-state index < -0.39 is 0 Å². The summed E-state index contributed by atoms with van der Waals surface area (Å²) in [5, 5.41) is 0. The average Bonchev–Trinajstić information content (AvgIpc) is 2.19. The molecule has 0 saturated heterocycles. The fraction of sp³-hybridized carbons (Fsp3) is 0.545. The van der Waals surface area contributed by atoms with Gasteiger partial charge in [0, 0.05) is 12.7 Å². The molecule has 1 aromatic heterocycles. The Kier molecular flexibility index (Phi) is 4.40. The molecule has 0 aliphatic heterocycles. The number of ether oxygens (including phenoxy) is 1. The van der Waals surface area contributed by atoms with E-state index in [0.29, 0.717) is 6.54 Å². The van der Waals surface area contributed by atoms with Crippen LogP contribution in [-0.4, -0.2) is 11.1 Å². The SMILES string of the molecule is CCCC(C)Oc1cccnc1CN. The smallest absolute Gasteiger partial charge is 0.142 e. The highest BCUT2D eigenvalue weighted by molar-refractivity contribution is 5.26. The lowest BCUT2D eigenvalue weighted by molar-refractivity contribution is 0.207. The second kappa shape index (κ2) is 5.60. The first-order valence-electron chi connectivity index (χ1n) is 5.08. The van der Waals surface area contributed by atoms with E-state index in [1.54, 1.807) is 6.20 Å². The first-order valence-corrected chi connectivity index (χ1v) is 5.08. The van der Waals surface area contributed by atoms with E-state index in [0.717, 1.165) is 24.3 Å². The minimum Gasteiger partial charge on any atom is -0.489 e. The molecular formula is C11H18N2O. The molecule has 2 N–H and O–H groups in total. The molecule has 0 radical (unpaired) electrons. The van der Waals surface area contributed by atoms with Crippen molar-refractivity contribution >= 4 is 0 Å². The summed E-state index contributed by atoms with van der Waals surface area (Å²) >= 11 is 0. The van der Waals surface area contributed by atoms with Crippen LogP contribution in [0.3, 0.4) is 0 Å². The predicted molar refractivity (Wildman–Crippen MR) is 57.1 cm³/mol. The summed E-state index contributed by atoms with van der Waals surface area (Å²) in [6.07, 6.45) is 4.15. The Hall–Kier alpha value is -1.09. The Morgan fingerprint density at radius 3 is 3.00 bits per heavy atom. The third kappa shape index (κ3) is 3.00. The number of aromatic nitrogens is 1. The standard InChI is InChI=1S/C11H18N2O/c1-3-5-9(2)14-11-6-4-7-13-10(11)8-12/h4,6-7,9H,3,5,8,12H2,1-2H3. The van der Waals surface area contributed by atoms with Gasteiger partial charge in [-0.3, -0.25) is 4.98 Å². The quantitative estimate of drug-likeness (QED) is 0.781. The van der Waals surface area contributed by atoms with Crippen LogP contribution in [0.15, 0.2) is 18.3 Å². The minimum atomic E-state index is 0.231. The number of hydrogen-bond acceptors (Lipinski definition) is 3. The molecule has 1 aromatic rings. The Morgan fingerprint density at radius 1 is 1.57 bits per heavy atom. The maximum absolute atomic E-state index is 5.73. The lowest BCUT2D eigenvalue weighted by Gasteiger charge is -2.15. The third-order valence-corrected chi connectivity index (χ3v) is 2.07. The second-order valence-corrected chi connectivity index (χ2v) is 3.37. The van der Waals surface area contributed by atoms with Gasteiger partial charge >= 0.3 is 0 Å². The fourth-order valence-electron chi connectivity index (χ4n) is 1.37. The normalized spacial score (nSPS) is 12.5. The number of hydrogen-bond donors (Lipinski definition) is 1. The van der Waals surface area contributed by atoms with Crippen molar-refractivity contribution in [2.24, 2.45) is 5.73 Å². The van der Waals surface area contributed by atoms with Crippen LogP contribution < -0.4 is 10.5 Å². The van der Waals surface area contributed by atoms with E-state index in [4.69, 9.17) is 10.5 Å². The van der Waals surface area contributed by atoms with Gasteiger partial charge in [-0.15, -0.1) is 0 Å². The van der Waals surface area contributed by atoms with Gasteiger partial charge < -0.3 is 10.5 Å². The monoisotopic (exact) mass is 194 g/mol. The van der Waals surface area contributed by atoms with Gasteiger partial charge in [0.05, 0.1) is 11.8 Å². The Balaban J connectivity index is 2.65. The minimum absolute atomic E-state index is 0.231. The van der Waals surface area contributed by atoms with Crippen molar-refractivity contribution in [1.82, 2.24) is 4.98 Å². The molecule has 0 aromatic carbocycles. The molecule has 14 heavy (non-hydrogen) atoms. The molecule has 0 fully saturated rings. The van der Waals surface area contributed by atoms with Gasteiger partial charge in [-0.05, 0) is 25.5 Å². The molecule has 1 atom stereocenters. The van der Waals surface area contributed by atoms with Crippen LogP contribution in [-0.2, 0) is 6.54 Å². The molecule has 0 aliphatic carbocycles. The zero-order valence-electron chi connectivity index (χ0n) is 8.86. The molecule has 0 saturated carbocycles. The van der Waals surface area contributed by atoms with Crippen LogP contribution in [0, 0.1) is 0 Å². The van der Waals surface area contributed by atoms with E-state index in [-0.39, 0.29) is 6.10 Å². The van der Waals surface area contributed by atoms with Crippen molar-refractivity contribution in [2.45, 2.75) is 39.3 Å². The molecule has 3 heteroatoms. The number of rotatable bonds is 5. The van der Waals surface area contributed by atoms with Crippen LogP contribution in [0.25, 0.3) is 0 Å². The van der Waals surface area contributed by atoms with Crippen molar-refractivity contribution in [2.75, 3.05) is 0 Å². The van der Waals surface area contributed by atoms with Gasteiger partial charge in [-0.2, -0.15) is 0 Å². The lowest BCUT2D eigenvalue weighted by atomic mass is 10.2. The molecular weight excluding hydrogens is 176 g/mol. The predicted octanol–water partition coefficient (Wildman–Crippen LogP) is 2.11. The van der Waals surface area contributed by atoms with Gasteiger partial charge in [0.15, 0.2) is 0 Å². The molecule has 3 nitrogen and oxygen atoms in total. The Labute approximate surface area is 85.3 Å². The topological polar surface area (TPSA) is 48.1 Å². The number of nitrogens with two attached hydrogens (primary N) is 1. The summed E-state index contributed by atoms with van der Waals surface area (Å²) in [5.74, 6) is 0.816. The van der Waals surface area contributed by atoms with E-state index in [1.807, 2.05) is 12.1 Å². The van der Waals surface area contributed by atoms with Crippen LogP contribution in [0.2, 0.25) is 0 Å². The van der Waals surface area contributed by atoms with Crippen molar-refractivity contribution in [3.8, 4) is 5.75 Å². The van der Waals surface area contributed by atoms with Gasteiger partial charge in [-0.25, -0.2) is 0 Å². The summed E-state index contributed by atoms with van der Waals surface area (Å²) < 4.78 is 5.73. The average molecular weight is 194 g/mol. The van der Waals surface area contributed by atoms with E-state index in [2.05, 4.69) is 18.8 Å². The van der Waals surface area contributed by atoms with Gasteiger partial charge in [0.25, 0.3) is 0 Å². The summed E-state index contributed by atoms with van der Waals surface area (Å²) in [4.78, 5) is 4.16. The maximum Gasteiger partial charge on any atom is 0.142 e. The summed E-state index contributed by atoms with van der Waals surface area (Å²) in [6.45, 7) is 4.64. The van der Waals surface area contributed by atoms with Gasteiger partial charge in [0.2, 0.25) is 0 Å². The Bertz CT molecular complexity index is 276. The first kappa shape index (κ1) is 11.0. The maximum atomic E-state index is 5.73. The zero-order valence-corrected chi connectivity index (χ0v) is 8.86. The van der Waals surface area contributed by atoms with Crippen LogP contribution in [0.1, 0.15) is 32.4 Å². The number of nitrogens with zero attached hydrogens (tertiary/aromatic N) is 1. The van der Waals surface area contributed by atoms with Crippen molar-refractivity contribution in [1.29, 1.82) is 0 Å². The third-order valence-electron chi connectivity index (χ3n) is 2.07. The van der Waals surface area contributed by atoms with Crippen LogP contribution in [0.4, 0.5) is 0 Å². The first-order chi connectivity index (χ1) is 6.77. The van der Waals surface area contributed by atoms with Crippen LogP contribution >= 0.6 is 0 Å². The Morgan fingerprint density at radius 2 is 2.36 bits per heavy atom. The van der Waals surface area contributed by atoms with Gasteiger partial charge in [-0.1, -0.05) is 13.3 Å². The highest BCUT2D eigenvalue weighted by Crippen LogP contribution is 2.17. The molecule has 1 unspecified atom stereocenters. The zero-order chi connectivity index (χ0) is 10.4. The molecule has 0 amide bonds.